The lowest BCUT2D eigenvalue weighted by Crippen LogP contribution is -2.14. The van der Waals surface area contributed by atoms with Crippen LogP contribution in [0.15, 0.2) is 54.7 Å². The van der Waals surface area contributed by atoms with Crippen molar-refractivity contribution in [3.05, 3.63) is 66.0 Å². The fourth-order valence-electron chi connectivity index (χ4n) is 1.76. The predicted molar refractivity (Wildman–Crippen MR) is 64.8 cm³/mol. The van der Waals surface area contributed by atoms with Gasteiger partial charge in [0, 0.05) is 18.3 Å². The van der Waals surface area contributed by atoms with Crippen LogP contribution in [-0.4, -0.2) is 16.1 Å². The van der Waals surface area contributed by atoms with E-state index < -0.39 is 11.9 Å². The fraction of sp³-hybridized carbons (Fsp3) is 0.143. The predicted octanol–water partition coefficient (Wildman–Crippen LogP) is 2.49. The molecular formula is C14H13NO2. The molecule has 1 unspecified atom stereocenters. The van der Waals surface area contributed by atoms with Crippen molar-refractivity contribution in [3.8, 4) is 0 Å². The van der Waals surface area contributed by atoms with Gasteiger partial charge in [0.2, 0.25) is 0 Å². The number of benzene rings is 1. The lowest BCUT2D eigenvalue weighted by atomic mass is 9.94. The van der Waals surface area contributed by atoms with Crippen LogP contribution >= 0.6 is 0 Å². The average molecular weight is 227 g/mol. The zero-order valence-electron chi connectivity index (χ0n) is 9.28. The van der Waals surface area contributed by atoms with Crippen LogP contribution in [0.5, 0.6) is 0 Å². The third-order valence-electron chi connectivity index (χ3n) is 2.64. The van der Waals surface area contributed by atoms with Crippen molar-refractivity contribution in [2.45, 2.75) is 12.3 Å². The van der Waals surface area contributed by atoms with E-state index in [4.69, 9.17) is 0 Å². The molecule has 2 rings (SSSR count). The van der Waals surface area contributed by atoms with E-state index in [1.807, 2.05) is 48.5 Å². The number of rotatable bonds is 4. The molecule has 1 atom stereocenters. The maximum absolute atomic E-state index is 11.3. The minimum Gasteiger partial charge on any atom is -0.481 e. The second-order valence-corrected chi connectivity index (χ2v) is 3.83. The molecule has 3 nitrogen and oxygen atoms in total. The third kappa shape index (κ3) is 2.91. The van der Waals surface area contributed by atoms with Gasteiger partial charge in [-0.2, -0.15) is 0 Å². The number of nitrogens with zero attached hydrogens (tertiary/aromatic N) is 1. The summed E-state index contributed by atoms with van der Waals surface area (Å²) in [5, 5.41) is 9.26. The van der Waals surface area contributed by atoms with Crippen molar-refractivity contribution in [1.29, 1.82) is 0 Å². The first-order chi connectivity index (χ1) is 8.27. The number of hydrogen-bond acceptors (Lipinski definition) is 2. The molecule has 0 saturated carbocycles. The van der Waals surface area contributed by atoms with Crippen molar-refractivity contribution >= 4 is 5.97 Å². The Balaban J connectivity index is 2.23. The van der Waals surface area contributed by atoms with Gasteiger partial charge in [0.05, 0.1) is 5.92 Å². The molecule has 1 N–H and O–H groups in total. The van der Waals surface area contributed by atoms with Crippen molar-refractivity contribution in [3.63, 3.8) is 0 Å². The summed E-state index contributed by atoms with van der Waals surface area (Å²) in [4.78, 5) is 15.4. The number of carbonyl (C=O) groups is 1. The second kappa shape index (κ2) is 5.25. The molecule has 1 heterocycles. The largest absolute Gasteiger partial charge is 0.481 e. The molecule has 3 heteroatoms. The summed E-state index contributed by atoms with van der Waals surface area (Å²) >= 11 is 0. The Kier molecular flexibility index (Phi) is 3.50. The van der Waals surface area contributed by atoms with Gasteiger partial charge in [-0.3, -0.25) is 9.78 Å². The SMILES string of the molecule is O=C(O)C(Cc1ccccn1)c1ccccc1. The number of aromatic nitrogens is 1. The first-order valence-corrected chi connectivity index (χ1v) is 5.45. The van der Waals surface area contributed by atoms with Crippen molar-refractivity contribution in [2.75, 3.05) is 0 Å². The molecule has 2 aromatic rings. The van der Waals surface area contributed by atoms with E-state index in [9.17, 15) is 9.90 Å². The highest BCUT2D eigenvalue weighted by molar-refractivity contribution is 5.76. The normalized spacial score (nSPS) is 12.0. The number of carboxylic acid groups (broad SMARTS) is 1. The zero-order valence-corrected chi connectivity index (χ0v) is 9.28. The molecule has 0 amide bonds. The second-order valence-electron chi connectivity index (χ2n) is 3.83. The number of pyridine rings is 1. The van der Waals surface area contributed by atoms with Gasteiger partial charge in [-0.05, 0) is 17.7 Å². The van der Waals surface area contributed by atoms with Gasteiger partial charge in [-0.25, -0.2) is 0 Å². The Morgan fingerprint density at radius 2 is 1.82 bits per heavy atom. The Labute approximate surface area is 99.8 Å². The van der Waals surface area contributed by atoms with Gasteiger partial charge < -0.3 is 5.11 Å². The molecule has 0 bridgehead atoms. The number of carboxylic acids is 1. The van der Waals surface area contributed by atoms with Crippen LogP contribution in [0.3, 0.4) is 0 Å². The molecule has 86 valence electrons. The van der Waals surface area contributed by atoms with Crippen LogP contribution in [-0.2, 0) is 11.2 Å². The van der Waals surface area contributed by atoms with Crippen molar-refractivity contribution in [2.24, 2.45) is 0 Å². The fourth-order valence-corrected chi connectivity index (χ4v) is 1.76. The molecule has 0 spiro atoms. The lowest BCUT2D eigenvalue weighted by molar-refractivity contribution is -0.138. The molecule has 0 aliphatic carbocycles. The van der Waals surface area contributed by atoms with E-state index in [0.29, 0.717) is 6.42 Å². The monoisotopic (exact) mass is 227 g/mol. The minimum absolute atomic E-state index is 0.417. The average Bonchev–Trinajstić information content (AvgIpc) is 2.38. The summed E-state index contributed by atoms with van der Waals surface area (Å²) < 4.78 is 0. The van der Waals surface area contributed by atoms with Gasteiger partial charge in [-0.15, -0.1) is 0 Å². The van der Waals surface area contributed by atoms with E-state index in [0.717, 1.165) is 11.3 Å². The Hall–Kier alpha value is -2.16. The lowest BCUT2D eigenvalue weighted by Gasteiger charge is -2.11. The van der Waals surface area contributed by atoms with Crippen molar-refractivity contribution < 1.29 is 9.90 Å². The highest BCUT2D eigenvalue weighted by Crippen LogP contribution is 2.20. The topological polar surface area (TPSA) is 50.2 Å². The van der Waals surface area contributed by atoms with Crippen LogP contribution in [0.2, 0.25) is 0 Å². The molecule has 1 aromatic carbocycles. The first-order valence-electron chi connectivity index (χ1n) is 5.45. The quantitative estimate of drug-likeness (QED) is 0.873. The third-order valence-corrected chi connectivity index (χ3v) is 2.64. The van der Waals surface area contributed by atoms with E-state index in [2.05, 4.69) is 4.98 Å². The highest BCUT2D eigenvalue weighted by atomic mass is 16.4. The molecule has 0 aliphatic heterocycles. The summed E-state index contributed by atoms with van der Waals surface area (Å²) in [6, 6.07) is 14.8. The summed E-state index contributed by atoms with van der Waals surface area (Å²) in [6.45, 7) is 0. The molecule has 1 aromatic heterocycles. The molecular weight excluding hydrogens is 214 g/mol. The van der Waals surface area contributed by atoms with Gasteiger partial charge in [-0.1, -0.05) is 36.4 Å². The smallest absolute Gasteiger partial charge is 0.311 e. The Bertz CT molecular complexity index is 482. The molecule has 0 saturated heterocycles. The minimum atomic E-state index is -0.818. The van der Waals surface area contributed by atoms with Gasteiger partial charge in [0.1, 0.15) is 0 Å². The maximum atomic E-state index is 11.3. The van der Waals surface area contributed by atoms with E-state index in [-0.39, 0.29) is 0 Å². The van der Waals surface area contributed by atoms with E-state index in [1.54, 1.807) is 6.20 Å². The van der Waals surface area contributed by atoms with Gasteiger partial charge >= 0.3 is 5.97 Å². The van der Waals surface area contributed by atoms with Crippen LogP contribution in [0.1, 0.15) is 17.2 Å². The molecule has 0 aliphatic rings. The standard InChI is InChI=1S/C14H13NO2/c16-14(17)13(11-6-2-1-3-7-11)10-12-8-4-5-9-15-12/h1-9,13H,10H2,(H,16,17). The van der Waals surface area contributed by atoms with E-state index >= 15 is 0 Å². The molecule has 0 radical (unpaired) electrons. The highest BCUT2D eigenvalue weighted by Gasteiger charge is 2.20. The molecule has 0 fully saturated rings. The summed E-state index contributed by atoms with van der Waals surface area (Å²) in [6.07, 6.45) is 2.10. The van der Waals surface area contributed by atoms with Crippen molar-refractivity contribution in [1.82, 2.24) is 4.98 Å². The summed E-state index contributed by atoms with van der Waals surface area (Å²) in [7, 11) is 0. The number of aliphatic carboxylic acids is 1. The van der Waals surface area contributed by atoms with E-state index in [1.165, 1.54) is 0 Å². The van der Waals surface area contributed by atoms with Crippen LogP contribution in [0.4, 0.5) is 0 Å². The van der Waals surface area contributed by atoms with Gasteiger partial charge in [0.15, 0.2) is 0 Å². The zero-order chi connectivity index (χ0) is 12.1. The summed E-state index contributed by atoms with van der Waals surface area (Å²) in [5.41, 5.74) is 1.61. The van der Waals surface area contributed by atoms with Crippen LogP contribution in [0.25, 0.3) is 0 Å². The Morgan fingerprint density at radius 3 is 2.41 bits per heavy atom. The summed E-state index contributed by atoms with van der Waals surface area (Å²) in [5.74, 6) is -1.35. The van der Waals surface area contributed by atoms with Crippen LogP contribution in [0, 0.1) is 0 Å². The first kappa shape index (κ1) is 11.3. The van der Waals surface area contributed by atoms with Crippen LogP contribution < -0.4 is 0 Å². The maximum Gasteiger partial charge on any atom is 0.311 e. The Morgan fingerprint density at radius 1 is 1.12 bits per heavy atom. The number of hydrogen-bond donors (Lipinski definition) is 1. The molecule has 17 heavy (non-hydrogen) atoms. The van der Waals surface area contributed by atoms with Gasteiger partial charge in [0.25, 0.3) is 0 Å².